The maximum Gasteiger partial charge on any atom is 0.259 e. The Balaban J connectivity index is 1.82. The van der Waals surface area contributed by atoms with Crippen molar-refractivity contribution in [1.82, 2.24) is 0 Å². The lowest BCUT2D eigenvalue weighted by atomic mass is 10.1. The third-order valence-electron chi connectivity index (χ3n) is 3.74. The van der Waals surface area contributed by atoms with Crippen LogP contribution in [0.2, 0.25) is 5.02 Å². The number of rotatable bonds is 5. The van der Waals surface area contributed by atoms with Gasteiger partial charge in [-0.2, -0.15) is 5.26 Å². The van der Waals surface area contributed by atoms with Crippen LogP contribution in [0.5, 0.6) is 5.75 Å². The van der Waals surface area contributed by atoms with Crippen LogP contribution < -0.4 is 10.1 Å². The first kappa shape index (κ1) is 17.5. The predicted molar refractivity (Wildman–Crippen MR) is 101 cm³/mol. The van der Waals surface area contributed by atoms with E-state index in [9.17, 15) is 10.1 Å². The van der Waals surface area contributed by atoms with E-state index in [1.54, 1.807) is 42.5 Å². The van der Waals surface area contributed by atoms with Crippen molar-refractivity contribution in [3.63, 3.8) is 0 Å². The molecule has 0 aliphatic carbocycles. The quantitative estimate of drug-likeness (QED) is 0.691. The van der Waals surface area contributed by atoms with Crippen molar-refractivity contribution in [1.29, 1.82) is 5.26 Å². The molecule has 0 saturated heterocycles. The molecule has 0 bridgehead atoms. The van der Waals surface area contributed by atoms with Gasteiger partial charge in [0.25, 0.3) is 5.91 Å². The molecule has 1 N–H and O–H groups in total. The smallest absolute Gasteiger partial charge is 0.259 e. The van der Waals surface area contributed by atoms with Crippen molar-refractivity contribution in [2.45, 2.75) is 6.61 Å². The Bertz CT molecular complexity index is 965. The second-order valence-electron chi connectivity index (χ2n) is 5.52. The molecule has 0 aliphatic rings. The van der Waals surface area contributed by atoms with Crippen LogP contribution in [0, 0.1) is 11.3 Å². The fraction of sp³-hybridized carbons (Fsp3) is 0.0476. The van der Waals surface area contributed by atoms with Gasteiger partial charge >= 0.3 is 0 Å². The van der Waals surface area contributed by atoms with E-state index in [0.29, 0.717) is 27.6 Å². The molecule has 5 heteroatoms. The van der Waals surface area contributed by atoms with E-state index in [0.717, 1.165) is 5.56 Å². The maximum atomic E-state index is 12.6. The van der Waals surface area contributed by atoms with Gasteiger partial charge in [-0.05, 0) is 36.4 Å². The molecule has 4 nitrogen and oxygen atoms in total. The van der Waals surface area contributed by atoms with Crippen LogP contribution in [0.15, 0.2) is 72.8 Å². The average molecular weight is 363 g/mol. The highest BCUT2D eigenvalue weighted by Crippen LogP contribution is 2.25. The Morgan fingerprint density at radius 1 is 1.04 bits per heavy atom. The van der Waals surface area contributed by atoms with E-state index in [4.69, 9.17) is 16.3 Å². The highest BCUT2D eigenvalue weighted by atomic mass is 35.5. The summed E-state index contributed by atoms with van der Waals surface area (Å²) in [4.78, 5) is 12.6. The second-order valence-corrected chi connectivity index (χ2v) is 5.95. The zero-order valence-electron chi connectivity index (χ0n) is 13.8. The topological polar surface area (TPSA) is 62.1 Å². The van der Waals surface area contributed by atoms with Gasteiger partial charge in [0.2, 0.25) is 0 Å². The van der Waals surface area contributed by atoms with Crippen molar-refractivity contribution in [3.8, 4) is 11.8 Å². The molecule has 1 amide bonds. The molecule has 0 unspecified atom stereocenters. The first-order valence-electron chi connectivity index (χ1n) is 7.94. The molecule has 3 aromatic carbocycles. The van der Waals surface area contributed by atoms with Crippen molar-refractivity contribution >= 4 is 23.2 Å². The molecular weight excluding hydrogens is 348 g/mol. The van der Waals surface area contributed by atoms with Crippen LogP contribution in [0.3, 0.4) is 0 Å². The number of ether oxygens (including phenoxy) is 1. The van der Waals surface area contributed by atoms with Gasteiger partial charge in [-0.15, -0.1) is 0 Å². The van der Waals surface area contributed by atoms with Crippen molar-refractivity contribution in [2.75, 3.05) is 5.32 Å². The Kier molecular flexibility index (Phi) is 5.52. The summed E-state index contributed by atoms with van der Waals surface area (Å²) >= 11 is 6.05. The van der Waals surface area contributed by atoms with Crippen LogP contribution >= 0.6 is 11.6 Å². The average Bonchev–Trinajstić information content (AvgIpc) is 2.68. The number of halogens is 1. The molecular formula is C21H15ClN2O2. The summed E-state index contributed by atoms with van der Waals surface area (Å²) in [5.74, 6) is 0.0813. The summed E-state index contributed by atoms with van der Waals surface area (Å²) < 4.78 is 5.81. The largest absolute Gasteiger partial charge is 0.488 e. The highest BCUT2D eigenvalue weighted by molar-refractivity contribution is 6.31. The number of anilines is 1. The van der Waals surface area contributed by atoms with Crippen LogP contribution in [0.4, 0.5) is 5.69 Å². The summed E-state index contributed by atoms with van der Waals surface area (Å²) in [6, 6.07) is 23.3. The summed E-state index contributed by atoms with van der Waals surface area (Å²) in [6.07, 6.45) is 0. The van der Waals surface area contributed by atoms with Gasteiger partial charge in [0.05, 0.1) is 17.2 Å². The zero-order valence-corrected chi connectivity index (χ0v) is 14.5. The number of benzene rings is 3. The molecule has 0 heterocycles. The van der Waals surface area contributed by atoms with Gasteiger partial charge in [0, 0.05) is 16.3 Å². The van der Waals surface area contributed by atoms with Crippen LogP contribution in [-0.4, -0.2) is 5.91 Å². The number of nitrogens with zero attached hydrogens (tertiary/aromatic N) is 1. The minimum Gasteiger partial charge on any atom is -0.488 e. The first-order chi connectivity index (χ1) is 12.7. The Morgan fingerprint density at radius 3 is 2.54 bits per heavy atom. The summed E-state index contributed by atoms with van der Waals surface area (Å²) in [7, 11) is 0. The monoisotopic (exact) mass is 362 g/mol. The summed E-state index contributed by atoms with van der Waals surface area (Å²) in [5.41, 5.74) is 2.30. The summed E-state index contributed by atoms with van der Waals surface area (Å²) in [6.45, 7) is 0.178. The Labute approximate surface area is 156 Å². The molecule has 0 spiro atoms. The van der Waals surface area contributed by atoms with E-state index in [2.05, 4.69) is 11.4 Å². The molecule has 26 heavy (non-hydrogen) atoms. The van der Waals surface area contributed by atoms with E-state index in [1.165, 1.54) is 0 Å². The van der Waals surface area contributed by atoms with E-state index < -0.39 is 0 Å². The normalized spacial score (nSPS) is 10.0. The number of para-hydroxylation sites is 1. The molecule has 0 atom stereocenters. The number of carbonyl (C=O) groups is 1. The molecule has 0 aliphatic heterocycles. The predicted octanol–water partition coefficient (Wildman–Crippen LogP) is 5.04. The van der Waals surface area contributed by atoms with Crippen molar-refractivity contribution < 1.29 is 9.53 Å². The molecule has 3 rings (SSSR count). The minimum absolute atomic E-state index is 0.178. The van der Waals surface area contributed by atoms with E-state index in [-0.39, 0.29) is 12.5 Å². The third-order valence-corrected chi connectivity index (χ3v) is 3.97. The second kappa shape index (κ2) is 8.19. The molecule has 0 fully saturated rings. The van der Waals surface area contributed by atoms with Gasteiger partial charge in [0.15, 0.2) is 0 Å². The SMILES string of the molecule is N#Cc1ccccc1COc1ccc(Cl)cc1C(=O)Nc1ccccc1. The van der Waals surface area contributed by atoms with Gasteiger partial charge in [-0.1, -0.05) is 48.0 Å². The Hall–Kier alpha value is -3.29. The fourth-order valence-corrected chi connectivity index (χ4v) is 2.61. The maximum absolute atomic E-state index is 12.6. The third kappa shape index (κ3) is 4.21. The van der Waals surface area contributed by atoms with Gasteiger partial charge in [-0.25, -0.2) is 0 Å². The van der Waals surface area contributed by atoms with Crippen LogP contribution in [0.1, 0.15) is 21.5 Å². The van der Waals surface area contributed by atoms with Gasteiger partial charge in [-0.3, -0.25) is 4.79 Å². The minimum atomic E-state index is -0.317. The van der Waals surface area contributed by atoms with Crippen molar-refractivity contribution in [3.05, 3.63) is 94.5 Å². The fourth-order valence-electron chi connectivity index (χ4n) is 2.44. The van der Waals surface area contributed by atoms with E-state index in [1.807, 2.05) is 30.3 Å². The molecule has 0 saturated carbocycles. The lowest BCUT2D eigenvalue weighted by Gasteiger charge is -2.13. The van der Waals surface area contributed by atoms with E-state index >= 15 is 0 Å². The number of hydrogen-bond acceptors (Lipinski definition) is 3. The van der Waals surface area contributed by atoms with Crippen LogP contribution in [0.25, 0.3) is 0 Å². The number of nitriles is 1. The molecule has 3 aromatic rings. The standard InChI is InChI=1S/C21H15ClN2O2/c22-17-10-11-20(26-14-16-7-5-4-6-15(16)13-23)19(12-17)21(25)24-18-8-2-1-3-9-18/h1-12H,14H2,(H,24,25). The summed E-state index contributed by atoms with van der Waals surface area (Å²) in [5, 5.41) is 12.4. The number of amides is 1. The van der Waals surface area contributed by atoms with Gasteiger partial charge in [0.1, 0.15) is 12.4 Å². The van der Waals surface area contributed by atoms with Crippen LogP contribution in [-0.2, 0) is 6.61 Å². The lowest BCUT2D eigenvalue weighted by molar-refractivity contribution is 0.102. The first-order valence-corrected chi connectivity index (χ1v) is 8.32. The molecule has 0 radical (unpaired) electrons. The highest BCUT2D eigenvalue weighted by Gasteiger charge is 2.14. The molecule has 0 aromatic heterocycles. The number of hydrogen-bond donors (Lipinski definition) is 1. The zero-order chi connectivity index (χ0) is 18.4. The Morgan fingerprint density at radius 2 is 1.77 bits per heavy atom. The number of nitrogens with one attached hydrogen (secondary N) is 1. The molecule has 128 valence electrons. The van der Waals surface area contributed by atoms with Crippen molar-refractivity contribution in [2.24, 2.45) is 0 Å². The lowest BCUT2D eigenvalue weighted by Crippen LogP contribution is -2.13. The van der Waals surface area contributed by atoms with Gasteiger partial charge < -0.3 is 10.1 Å². The number of carbonyl (C=O) groups excluding carboxylic acids is 1.